The van der Waals surface area contributed by atoms with Crippen molar-refractivity contribution in [2.75, 3.05) is 0 Å². The van der Waals surface area contributed by atoms with E-state index in [4.69, 9.17) is 4.84 Å². The molecule has 0 heterocycles. The first-order valence-electron chi connectivity index (χ1n) is 9.10. The fourth-order valence-electron chi connectivity index (χ4n) is 2.83. The van der Waals surface area contributed by atoms with Crippen LogP contribution in [0.1, 0.15) is 34.8 Å². The Balaban J connectivity index is 1.78. The van der Waals surface area contributed by atoms with Crippen molar-refractivity contribution in [2.24, 2.45) is 5.16 Å². The van der Waals surface area contributed by atoms with E-state index in [1.54, 1.807) is 49.4 Å². The maximum atomic E-state index is 13.9. The highest BCUT2D eigenvalue weighted by atomic mass is 19.4. The highest BCUT2D eigenvalue weighted by Crippen LogP contribution is 2.29. The Kier molecular flexibility index (Phi) is 6.30. The maximum Gasteiger partial charge on any atom is 0.416 e. The fourth-order valence-corrected chi connectivity index (χ4v) is 2.83. The lowest BCUT2D eigenvalue weighted by Gasteiger charge is -2.08. The summed E-state index contributed by atoms with van der Waals surface area (Å²) in [7, 11) is 0. The van der Waals surface area contributed by atoms with Crippen LogP contribution < -0.4 is 0 Å². The van der Waals surface area contributed by atoms with E-state index in [0.29, 0.717) is 34.9 Å². The van der Waals surface area contributed by atoms with Crippen LogP contribution in [0.4, 0.5) is 17.6 Å². The summed E-state index contributed by atoms with van der Waals surface area (Å²) in [4.78, 5) is 17.0. The second-order valence-electron chi connectivity index (χ2n) is 6.41. The van der Waals surface area contributed by atoms with Crippen LogP contribution in [-0.2, 0) is 11.0 Å². The number of carbonyl (C=O) groups excluding carboxylic acids is 1. The highest BCUT2D eigenvalue weighted by Gasteiger charge is 2.31. The van der Waals surface area contributed by atoms with Gasteiger partial charge in [-0.05, 0) is 41.8 Å². The molecule has 3 nitrogen and oxygen atoms in total. The molecule has 0 amide bonds. The molecular formula is C23H17F4NO2. The Labute approximate surface area is 170 Å². The van der Waals surface area contributed by atoms with Crippen LogP contribution in [0.2, 0.25) is 0 Å². The lowest BCUT2D eigenvalue weighted by Crippen LogP contribution is -2.09. The summed E-state index contributed by atoms with van der Waals surface area (Å²) in [6, 6.07) is 17.2. The Morgan fingerprint density at radius 3 is 2.27 bits per heavy atom. The second kappa shape index (κ2) is 8.90. The van der Waals surface area contributed by atoms with Crippen LogP contribution in [0, 0.1) is 5.82 Å². The summed E-state index contributed by atoms with van der Waals surface area (Å²) < 4.78 is 52.3. The van der Waals surface area contributed by atoms with Gasteiger partial charge >= 0.3 is 12.1 Å². The molecule has 30 heavy (non-hydrogen) atoms. The van der Waals surface area contributed by atoms with Gasteiger partial charge in [-0.25, -0.2) is 9.18 Å². The van der Waals surface area contributed by atoms with Gasteiger partial charge in [0.15, 0.2) is 0 Å². The largest absolute Gasteiger partial charge is 0.416 e. The quantitative estimate of drug-likeness (QED) is 0.207. The SMILES string of the molecule is CC/C(=N/OC(=O)c1cccc(C(F)(F)F)c1)c1ccc(-c2ccccc2F)cc1. The van der Waals surface area contributed by atoms with Gasteiger partial charge in [0, 0.05) is 5.56 Å². The van der Waals surface area contributed by atoms with Gasteiger partial charge in [0.25, 0.3) is 0 Å². The van der Waals surface area contributed by atoms with Crippen molar-refractivity contribution >= 4 is 11.7 Å². The monoisotopic (exact) mass is 415 g/mol. The zero-order valence-electron chi connectivity index (χ0n) is 15.9. The van der Waals surface area contributed by atoms with E-state index < -0.39 is 17.7 Å². The lowest BCUT2D eigenvalue weighted by atomic mass is 10.0. The molecule has 0 saturated carbocycles. The van der Waals surface area contributed by atoms with E-state index in [1.807, 2.05) is 0 Å². The van der Waals surface area contributed by atoms with Gasteiger partial charge in [-0.3, -0.25) is 0 Å². The molecule has 0 bridgehead atoms. The minimum atomic E-state index is -4.56. The van der Waals surface area contributed by atoms with Gasteiger partial charge in [-0.2, -0.15) is 13.2 Å². The number of oxime groups is 1. The van der Waals surface area contributed by atoms with Gasteiger partial charge in [0.2, 0.25) is 0 Å². The molecule has 0 atom stereocenters. The zero-order valence-corrected chi connectivity index (χ0v) is 15.9. The van der Waals surface area contributed by atoms with Crippen LogP contribution in [0.25, 0.3) is 11.1 Å². The van der Waals surface area contributed by atoms with E-state index in [0.717, 1.165) is 12.1 Å². The normalized spacial score (nSPS) is 12.0. The van der Waals surface area contributed by atoms with Crippen LogP contribution >= 0.6 is 0 Å². The van der Waals surface area contributed by atoms with Crippen molar-refractivity contribution in [2.45, 2.75) is 19.5 Å². The summed E-state index contributed by atoms with van der Waals surface area (Å²) in [6.45, 7) is 1.79. The number of rotatable bonds is 5. The Hall–Kier alpha value is -3.48. The molecule has 0 aliphatic rings. The standard InChI is InChI=1S/C23H17F4NO2/c1-2-21(16-12-10-15(11-13-16)19-8-3-4-9-20(19)24)28-30-22(29)17-6-5-7-18(14-17)23(25,26)27/h3-14H,2H2,1H3/b28-21-. The first-order chi connectivity index (χ1) is 14.3. The number of hydrogen-bond acceptors (Lipinski definition) is 3. The summed E-state index contributed by atoms with van der Waals surface area (Å²) in [5, 5.41) is 3.81. The first-order valence-corrected chi connectivity index (χ1v) is 9.10. The van der Waals surface area contributed by atoms with Crippen LogP contribution in [-0.4, -0.2) is 11.7 Å². The van der Waals surface area contributed by atoms with Crippen molar-refractivity contribution in [3.05, 3.63) is 95.3 Å². The predicted octanol–water partition coefficient (Wildman–Crippen LogP) is 6.48. The molecule has 0 fully saturated rings. The number of halogens is 4. The molecule has 3 rings (SSSR count). The second-order valence-corrected chi connectivity index (χ2v) is 6.41. The number of alkyl halides is 3. The molecule has 0 saturated heterocycles. The molecule has 0 spiro atoms. The van der Waals surface area contributed by atoms with E-state index >= 15 is 0 Å². The van der Waals surface area contributed by atoms with Gasteiger partial charge in [-0.15, -0.1) is 0 Å². The van der Waals surface area contributed by atoms with E-state index in [-0.39, 0.29) is 11.4 Å². The average molecular weight is 415 g/mol. The smallest absolute Gasteiger partial charge is 0.313 e. The average Bonchev–Trinajstić information content (AvgIpc) is 2.74. The molecule has 0 aliphatic carbocycles. The van der Waals surface area contributed by atoms with E-state index in [2.05, 4.69) is 5.16 Å². The highest BCUT2D eigenvalue weighted by molar-refractivity contribution is 6.01. The summed E-state index contributed by atoms with van der Waals surface area (Å²) in [5.74, 6) is -1.33. The molecule has 0 unspecified atom stereocenters. The molecule has 3 aromatic rings. The minimum absolute atomic E-state index is 0.251. The van der Waals surface area contributed by atoms with Crippen molar-refractivity contribution in [3.63, 3.8) is 0 Å². The Bertz CT molecular complexity index is 1070. The third-order valence-corrected chi connectivity index (χ3v) is 4.40. The van der Waals surface area contributed by atoms with Gasteiger partial charge < -0.3 is 4.84 Å². The van der Waals surface area contributed by atoms with Crippen molar-refractivity contribution in [1.29, 1.82) is 0 Å². The summed E-state index contributed by atoms with van der Waals surface area (Å²) in [6.07, 6.45) is -4.15. The minimum Gasteiger partial charge on any atom is -0.313 e. The fraction of sp³-hybridized carbons (Fsp3) is 0.130. The van der Waals surface area contributed by atoms with Crippen LogP contribution in [0.5, 0.6) is 0 Å². The lowest BCUT2D eigenvalue weighted by molar-refractivity contribution is -0.137. The van der Waals surface area contributed by atoms with Crippen LogP contribution in [0.15, 0.2) is 78.0 Å². The third kappa shape index (κ3) is 4.92. The molecule has 0 N–H and O–H groups in total. The molecule has 3 aromatic carbocycles. The number of hydrogen-bond donors (Lipinski definition) is 0. The van der Waals surface area contributed by atoms with Gasteiger partial charge in [-0.1, -0.05) is 60.6 Å². The predicted molar refractivity (Wildman–Crippen MR) is 106 cm³/mol. The van der Waals surface area contributed by atoms with Gasteiger partial charge in [0.1, 0.15) is 5.82 Å². The zero-order chi connectivity index (χ0) is 21.7. The maximum absolute atomic E-state index is 13.9. The number of benzene rings is 3. The molecular weight excluding hydrogens is 398 g/mol. The number of nitrogens with zero attached hydrogens (tertiary/aromatic N) is 1. The molecule has 0 aliphatic heterocycles. The molecule has 0 aromatic heterocycles. The van der Waals surface area contributed by atoms with Crippen molar-refractivity contribution in [3.8, 4) is 11.1 Å². The summed E-state index contributed by atoms with van der Waals surface area (Å²) in [5.41, 5.74) is 1.01. The molecule has 0 radical (unpaired) electrons. The van der Waals surface area contributed by atoms with Gasteiger partial charge in [0.05, 0.1) is 16.8 Å². The Morgan fingerprint density at radius 1 is 0.933 bits per heavy atom. The summed E-state index contributed by atoms with van der Waals surface area (Å²) >= 11 is 0. The van der Waals surface area contributed by atoms with Crippen LogP contribution in [0.3, 0.4) is 0 Å². The molecule has 154 valence electrons. The Morgan fingerprint density at radius 2 is 1.63 bits per heavy atom. The topological polar surface area (TPSA) is 38.7 Å². The van der Waals surface area contributed by atoms with E-state index in [1.165, 1.54) is 12.1 Å². The van der Waals surface area contributed by atoms with Crippen molar-refractivity contribution in [1.82, 2.24) is 0 Å². The van der Waals surface area contributed by atoms with Crippen molar-refractivity contribution < 1.29 is 27.2 Å². The molecule has 7 heteroatoms. The third-order valence-electron chi connectivity index (χ3n) is 4.40. The number of carbonyl (C=O) groups is 1. The first kappa shape index (κ1) is 21.2. The van der Waals surface area contributed by atoms with E-state index in [9.17, 15) is 22.4 Å².